The molecular weight excluding hydrogens is 204 g/mol. The molecule has 0 spiro atoms. The van der Waals surface area contributed by atoms with Gasteiger partial charge in [-0.2, -0.15) is 0 Å². The minimum Gasteiger partial charge on any atom is -0.0620 e. The van der Waals surface area contributed by atoms with Crippen molar-refractivity contribution >= 4 is 0 Å². The van der Waals surface area contributed by atoms with E-state index in [-0.39, 0.29) is 0 Å². The maximum Gasteiger partial charge on any atom is -0.0300 e. The topological polar surface area (TPSA) is 0 Å². The molecule has 3 aliphatic carbocycles. The summed E-state index contributed by atoms with van der Waals surface area (Å²) in [7, 11) is 0. The molecule has 3 fully saturated rings. The van der Waals surface area contributed by atoms with E-state index in [0.717, 1.165) is 47.3 Å². The maximum absolute atomic E-state index is 2.55. The zero-order chi connectivity index (χ0) is 12.5. The molecule has 0 nitrogen and oxygen atoms in total. The Morgan fingerprint density at radius 3 is 2.06 bits per heavy atom. The van der Waals surface area contributed by atoms with Crippen LogP contribution in [0.5, 0.6) is 0 Å². The SMILES string of the molecule is CC1C2CCC(C)C(C)(C)C(C)C3C(C)C1C23. The van der Waals surface area contributed by atoms with Crippen molar-refractivity contribution in [3.05, 3.63) is 0 Å². The summed E-state index contributed by atoms with van der Waals surface area (Å²) in [6.45, 7) is 15.2. The Kier molecular flexibility index (Phi) is 2.49. The number of rotatable bonds is 0. The minimum absolute atomic E-state index is 0.549. The van der Waals surface area contributed by atoms with Crippen molar-refractivity contribution in [1.82, 2.24) is 0 Å². The van der Waals surface area contributed by atoms with Crippen LogP contribution in [0.2, 0.25) is 0 Å². The van der Waals surface area contributed by atoms with Crippen LogP contribution in [0, 0.1) is 52.8 Å². The van der Waals surface area contributed by atoms with Crippen LogP contribution in [0.25, 0.3) is 0 Å². The summed E-state index contributed by atoms with van der Waals surface area (Å²) in [5, 5.41) is 0. The quantitative estimate of drug-likeness (QED) is 0.562. The Labute approximate surface area is 108 Å². The average molecular weight is 234 g/mol. The molecule has 0 saturated heterocycles. The third kappa shape index (κ3) is 1.31. The molecule has 3 rings (SSSR count). The lowest BCUT2D eigenvalue weighted by Gasteiger charge is -2.71. The monoisotopic (exact) mass is 234 g/mol. The second kappa shape index (κ2) is 3.52. The summed E-state index contributed by atoms with van der Waals surface area (Å²) in [6, 6.07) is 0. The van der Waals surface area contributed by atoms with Crippen molar-refractivity contribution in [1.29, 1.82) is 0 Å². The Morgan fingerprint density at radius 2 is 1.41 bits per heavy atom. The first-order valence-electron chi connectivity index (χ1n) is 7.87. The van der Waals surface area contributed by atoms with E-state index in [1.807, 2.05) is 0 Å². The van der Waals surface area contributed by atoms with Gasteiger partial charge in [-0.3, -0.25) is 0 Å². The first kappa shape index (κ1) is 12.1. The van der Waals surface area contributed by atoms with Crippen LogP contribution in [0.4, 0.5) is 0 Å². The Balaban J connectivity index is 1.89. The van der Waals surface area contributed by atoms with E-state index in [4.69, 9.17) is 0 Å². The molecule has 0 aromatic heterocycles. The van der Waals surface area contributed by atoms with E-state index in [2.05, 4.69) is 41.5 Å². The zero-order valence-corrected chi connectivity index (χ0v) is 12.5. The summed E-state index contributed by atoms with van der Waals surface area (Å²) in [6.07, 6.45) is 2.99. The lowest BCUT2D eigenvalue weighted by Crippen LogP contribution is -2.66. The largest absolute Gasteiger partial charge is 0.0620 e. The van der Waals surface area contributed by atoms with Crippen LogP contribution < -0.4 is 0 Å². The highest BCUT2D eigenvalue weighted by Crippen LogP contribution is 2.70. The normalized spacial score (nSPS) is 60.4. The van der Waals surface area contributed by atoms with E-state index in [1.54, 1.807) is 0 Å². The fraction of sp³-hybridized carbons (Fsp3) is 1.00. The van der Waals surface area contributed by atoms with Gasteiger partial charge in [-0.05, 0) is 65.6 Å². The molecule has 0 heterocycles. The van der Waals surface area contributed by atoms with Gasteiger partial charge in [0.05, 0.1) is 0 Å². The molecule has 0 aliphatic heterocycles. The summed E-state index contributed by atoms with van der Waals surface area (Å²) >= 11 is 0. The van der Waals surface area contributed by atoms with Gasteiger partial charge in [-0.1, -0.05) is 41.5 Å². The highest BCUT2D eigenvalue weighted by Gasteiger charge is 2.65. The van der Waals surface area contributed by atoms with Crippen molar-refractivity contribution in [3.8, 4) is 0 Å². The van der Waals surface area contributed by atoms with Crippen LogP contribution in [-0.2, 0) is 0 Å². The molecule has 17 heavy (non-hydrogen) atoms. The fourth-order valence-electron chi connectivity index (χ4n) is 5.96. The highest BCUT2D eigenvalue weighted by atomic mass is 14.7. The molecule has 8 atom stereocenters. The third-order valence-electron chi connectivity index (χ3n) is 7.83. The standard InChI is InChI=1S/C17H30/c1-9-7-8-13-10(2)14-11(3)15(16(13)14)12(4)17(9,5)6/h9-16H,7-8H2,1-6H3. The van der Waals surface area contributed by atoms with Gasteiger partial charge in [0.15, 0.2) is 0 Å². The lowest BCUT2D eigenvalue weighted by atomic mass is 9.34. The van der Waals surface area contributed by atoms with Gasteiger partial charge in [0.25, 0.3) is 0 Å². The van der Waals surface area contributed by atoms with Crippen LogP contribution in [0.15, 0.2) is 0 Å². The van der Waals surface area contributed by atoms with Crippen molar-refractivity contribution in [2.75, 3.05) is 0 Å². The smallest absolute Gasteiger partial charge is 0.0300 e. The maximum atomic E-state index is 2.55. The molecule has 0 bridgehead atoms. The Hall–Kier alpha value is 0. The van der Waals surface area contributed by atoms with Gasteiger partial charge in [0, 0.05) is 0 Å². The molecule has 3 saturated carbocycles. The molecule has 0 aromatic carbocycles. The number of hydrogen-bond acceptors (Lipinski definition) is 0. The molecule has 3 aliphatic rings. The van der Waals surface area contributed by atoms with Gasteiger partial charge in [0.2, 0.25) is 0 Å². The molecular formula is C17H30. The minimum atomic E-state index is 0.549. The molecule has 0 N–H and O–H groups in total. The van der Waals surface area contributed by atoms with Crippen LogP contribution in [0.3, 0.4) is 0 Å². The van der Waals surface area contributed by atoms with Gasteiger partial charge >= 0.3 is 0 Å². The van der Waals surface area contributed by atoms with Gasteiger partial charge in [-0.15, -0.1) is 0 Å². The van der Waals surface area contributed by atoms with Gasteiger partial charge < -0.3 is 0 Å². The number of hydrogen-bond donors (Lipinski definition) is 0. The molecule has 0 amide bonds. The first-order chi connectivity index (χ1) is 7.87. The van der Waals surface area contributed by atoms with Gasteiger partial charge in [-0.25, -0.2) is 0 Å². The van der Waals surface area contributed by atoms with Gasteiger partial charge in [0.1, 0.15) is 0 Å². The van der Waals surface area contributed by atoms with E-state index in [0.29, 0.717) is 5.41 Å². The molecule has 98 valence electrons. The predicted octanol–water partition coefficient (Wildman–Crippen LogP) is 4.84. The first-order valence-corrected chi connectivity index (χ1v) is 7.87. The second-order valence-corrected chi connectivity index (χ2v) is 8.20. The summed E-state index contributed by atoms with van der Waals surface area (Å²) < 4.78 is 0. The van der Waals surface area contributed by atoms with Crippen LogP contribution in [0.1, 0.15) is 54.4 Å². The molecule has 0 aromatic rings. The van der Waals surface area contributed by atoms with E-state index < -0.39 is 0 Å². The average Bonchev–Trinajstić information content (AvgIpc) is 2.25. The fourth-order valence-corrected chi connectivity index (χ4v) is 5.96. The summed E-state index contributed by atoms with van der Waals surface area (Å²) in [5.41, 5.74) is 0.549. The highest BCUT2D eigenvalue weighted by molar-refractivity contribution is 5.13. The van der Waals surface area contributed by atoms with E-state index in [9.17, 15) is 0 Å². The molecule has 0 heteroatoms. The third-order valence-corrected chi connectivity index (χ3v) is 7.83. The van der Waals surface area contributed by atoms with Crippen molar-refractivity contribution in [3.63, 3.8) is 0 Å². The lowest BCUT2D eigenvalue weighted by molar-refractivity contribution is -0.236. The van der Waals surface area contributed by atoms with Crippen LogP contribution in [-0.4, -0.2) is 0 Å². The second-order valence-electron chi connectivity index (χ2n) is 8.20. The Bertz CT molecular complexity index is 316. The van der Waals surface area contributed by atoms with E-state index in [1.165, 1.54) is 12.8 Å². The summed E-state index contributed by atoms with van der Waals surface area (Å²) in [5.74, 6) is 8.19. The van der Waals surface area contributed by atoms with Crippen LogP contribution >= 0.6 is 0 Å². The van der Waals surface area contributed by atoms with Crippen molar-refractivity contribution < 1.29 is 0 Å². The zero-order valence-electron chi connectivity index (χ0n) is 12.5. The van der Waals surface area contributed by atoms with E-state index >= 15 is 0 Å². The van der Waals surface area contributed by atoms with Crippen molar-refractivity contribution in [2.24, 2.45) is 52.8 Å². The molecule has 0 radical (unpaired) electrons. The molecule has 8 unspecified atom stereocenters. The predicted molar refractivity (Wildman–Crippen MR) is 73.6 cm³/mol. The Morgan fingerprint density at radius 1 is 0.765 bits per heavy atom. The summed E-state index contributed by atoms with van der Waals surface area (Å²) in [4.78, 5) is 0. The van der Waals surface area contributed by atoms with Crippen molar-refractivity contribution in [2.45, 2.75) is 54.4 Å².